The van der Waals surface area contributed by atoms with Crippen LogP contribution in [0.1, 0.15) is 64.5 Å². The van der Waals surface area contributed by atoms with Crippen LogP contribution in [0.3, 0.4) is 0 Å². The molecule has 5 heteroatoms. The fraction of sp³-hybridized carbons (Fsp3) is 0.720. The van der Waals surface area contributed by atoms with Gasteiger partial charge in [0, 0.05) is 26.1 Å². The number of piperidine rings is 2. The normalized spacial score (nSPS) is 28.2. The summed E-state index contributed by atoms with van der Waals surface area (Å²) < 4.78 is 19.9. The minimum absolute atomic E-state index is 0.0742. The van der Waals surface area contributed by atoms with E-state index in [-0.39, 0.29) is 23.2 Å². The summed E-state index contributed by atoms with van der Waals surface area (Å²) in [7, 11) is 0. The number of amides is 1. The maximum atomic E-state index is 13.4. The fourth-order valence-electron chi connectivity index (χ4n) is 5.90. The number of hydrogen-bond acceptors (Lipinski definition) is 3. The first-order chi connectivity index (χ1) is 14.4. The predicted octanol–water partition coefficient (Wildman–Crippen LogP) is 4.65. The highest BCUT2D eigenvalue weighted by Gasteiger charge is 2.45. The van der Waals surface area contributed by atoms with Crippen molar-refractivity contribution in [3.63, 3.8) is 0 Å². The van der Waals surface area contributed by atoms with E-state index in [2.05, 4.69) is 18.7 Å². The number of carbonyl (C=O) groups is 1. The Balaban J connectivity index is 1.36. The predicted molar refractivity (Wildman–Crippen MR) is 117 cm³/mol. The van der Waals surface area contributed by atoms with Gasteiger partial charge in [-0.2, -0.15) is 0 Å². The Kier molecular flexibility index (Phi) is 6.50. The summed E-state index contributed by atoms with van der Waals surface area (Å²) in [5.41, 5.74) is 1.39. The second kappa shape index (κ2) is 8.96. The summed E-state index contributed by atoms with van der Waals surface area (Å²) in [6.45, 7) is 11.2. The van der Waals surface area contributed by atoms with E-state index in [4.69, 9.17) is 4.74 Å². The van der Waals surface area contributed by atoms with Crippen LogP contribution in [-0.4, -0.2) is 54.5 Å². The molecule has 166 valence electrons. The van der Waals surface area contributed by atoms with Crippen molar-refractivity contribution in [3.8, 4) is 0 Å². The van der Waals surface area contributed by atoms with Crippen LogP contribution in [0.2, 0.25) is 0 Å². The molecule has 3 aliphatic heterocycles. The Morgan fingerprint density at radius 2 is 1.73 bits per heavy atom. The Labute approximate surface area is 180 Å². The van der Waals surface area contributed by atoms with Gasteiger partial charge in [-0.1, -0.05) is 26.0 Å². The van der Waals surface area contributed by atoms with Crippen molar-refractivity contribution >= 4 is 5.91 Å². The van der Waals surface area contributed by atoms with Crippen molar-refractivity contribution < 1.29 is 13.9 Å². The molecule has 1 aromatic rings. The molecule has 0 radical (unpaired) electrons. The van der Waals surface area contributed by atoms with Gasteiger partial charge in [-0.15, -0.1) is 0 Å². The van der Waals surface area contributed by atoms with Crippen LogP contribution in [0.15, 0.2) is 24.3 Å². The number of halogens is 1. The Bertz CT molecular complexity index is 719. The Morgan fingerprint density at radius 3 is 2.30 bits per heavy atom. The zero-order valence-electron chi connectivity index (χ0n) is 18.8. The van der Waals surface area contributed by atoms with Crippen molar-refractivity contribution in [2.75, 3.05) is 32.8 Å². The molecule has 3 aliphatic rings. The summed E-state index contributed by atoms with van der Waals surface area (Å²) in [5, 5.41) is 0. The lowest BCUT2D eigenvalue weighted by atomic mass is 9.66. The number of benzene rings is 1. The summed E-state index contributed by atoms with van der Waals surface area (Å²) in [5.74, 6) is 1.02. The molecule has 1 amide bonds. The van der Waals surface area contributed by atoms with Gasteiger partial charge in [-0.25, -0.2) is 4.39 Å². The van der Waals surface area contributed by atoms with Crippen LogP contribution in [0.5, 0.6) is 0 Å². The van der Waals surface area contributed by atoms with Crippen LogP contribution < -0.4 is 0 Å². The summed E-state index contributed by atoms with van der Waals surface area (Å²) in [6, 6.07) is 7.51. The fourth-order valence-corrected chi connectivity index (χ4v) is 5.90. The average Bonchev–Trinajstić information content (AvgIpc) is 2.75. The lowest BCUT2D eigenvalue weighted by molar-refractivity contribution is -0.136. The monoisotopic (exact) mass is 416 g/mol. The molecule has 1 aromatic carbocycles. The molecule has 3 saturated heterocycles. The van der Waals surface area contributed by atoms with Gasteiger partial charge in [0.25, 0.3) is 0 Å². The smallest absolute Gasteiger partial charge is 0.219 e. The molecular weight excluding hydrogens is 379 g/mol. The first-order valence-electron chi connectivity index (χ1n) is 11.7. The van der Waals surface area contributed by atoms with Gasteiger partial charge >= 0.3 is 0 Å². The highest BCUT2D eigenvalue weighted by molar-refractivity contribution is 5.73. The molecule has 4 nitrogen and oxygen atoms in total. The lowest BCUT2D eigenvalue weighted by Crippen LogP contribution is -2.52. The number of rotatable bonds is 3. The van der Waals surface area contributed by atoms with E-state index in [9.17, 15) is 9.18 Å². The number of nitrogens with zero attached hydrogens (tertiary/aromatic N) is 2. The van der Waals surface area contributed by atoms with E-state index in [1.807, 2.05) is 17.0 Å². The molecule has 0 bridgehead atoms. The van der Waals surface area contributed by atoms with Crippen molar-refractivity contribution in [2.45, 2.75) is 65.0 Å². The van der Waals surface area contributed by atoms with Crippen LogP contribution in [0, 0.1) is 23.1 Å². The minimum Gasteiger partial charge on any atom is -0.373 e. The summed E-state index contributed by atoms with van der Waals surface area (Å²) >= 11 is 0. The molecule has 1 spiro atoms. The van der Waals surface area contributed by atoms with E-state index < -0.39 is 0 Å². The highest BCUT2D eigenvalue weighted by atomic mass is 19.1. The van der Waals surface area contributed by atoms with Crippen molar-refractivity contribution in [1.82, 2.24) is 9.80 Å². The van der Waals surface area contributed by atoms with Gasteiger partial charge in [-0.05, 0) is 80.1 Å². The average molecular weight is 417 g/mol. The zero-order valence-corrected chi connectivity index (χ0v) is 18.8. The van der Waals surface area contributed by atoms with Crippen LogP contribution in [0.4, 0.5) is 4.39 Å². The zero-order chi connectivity index (χ0) is 21.3. The maximum absolute atomic E-state index is 13.4. The molecule has 4 rings (SSSR count). The first kappa shape index (κ1) is 21.8. The Morgan fingerprint density at radius 1 is 1.10 bits per heavy atom. The van der Waals surface area contributed by atoms with E-state index >= 15 is 0 Å². The SMILES string of the molecule is CC(=O)N1CCC(N2CCC3(CC2)CO[C@H](c2ccc(F)cc2)[C@@H](C(C)C)C3)CC1. The molecule has 0 N–H and O–H groups in total. The van der Waals surface area contributed by atoms with Gasteiger partial charge in [0.1, 0.15) is 5.82 Å². The molecule has 30 heavy (non-hydrogen) atoms. The lowest BCUT2D eigenvalue weighted by Gasteiger charge is -2.51. The second-order valence-electron chi connectivity index (χ2n) is 10.2. The highest BCUT2D eigenvalue weighted by Crippen LogP contribution is 2.50. The van der Waals surface area contributed by atoms with Crippen LogP contribution >= 0.6 is 0 Å². The van der Waals surface area contributed by atoms with Crippen LogP contribution in [-0.2, 0) is 9.53 Å². The summed E-state index contributed by atoms with van der Waals surface area (Å²) in [4.78, 5) is 16.2. The Hall–Kier alpha value is -1.46. The number of carbonyl (C=O) groups excluding carboxylic acids is 1. The molecule has 2 atom stereocenters. The molecular formula is C25H37FN2O2. The number of hydrogen-bond donors (Lipinski definition) is 0. The van der Waals surface area contributed by atoms with Crippen molar-refractivity contribution in [2.24, 2.45) is 17.3 Å². The maximum Gasteiger partial charge on any atom is 0.219 e. The number of likely N-dealkylation sites (tertiary alicyclic amines) is 2. The summed E-state index contributed by atoms with van der Waals surface area (Å²) in [6.07, 6.45) is 5.86. The van der Waals surface area contributed by atoms with Gasteiger partial charge in [0.2, 0.25) is 5.91 Å². The van der Waals surface area contributed by atoms with Crippen molar-refractivity contribution in [1.29, 1.82) is 0 Å². The third-order valence-corrected chi connectivity index (χ3v) is 7.97. The van der Waals surface area contributed by atoms with Crippen LogP contribution in [0.25, 0.3) is 0 Å². The van der Waals surface area contributed by atoms with Crippen molar-refractivity contribution in [3.05, 3.63) is 35.6 Å². The molecule has 0 aromatic heterocycles. The largest absolute Gasteiger partial charge is 0.373 e. The van der Waals surface area contributed by atoms with E-state index in [1.54, 1.807) is 19.1 Å². The molecule has 0 unspecified atom stereocenters. The van der Waals surface area contributed by atoms with Gasteiger partial charge in [0.15, 0.2) is 0 Å². The molecule has 0 aliphatic carbocycles. The van der Waals surface area contributed by atoms with Gasteiger partial charge in [0.05, 0.1) is 12.7 Å². The number of ether oxygens (including phenoxy) is 1. The topological polar surface area (TPSA) is 32.8 Å². The van der Waals surface area contributed by atoms with Gasteiger partial charge in [-0.3, -0.25) is 4.79 Å². The third-order valence-electron chi connectivity index (χ3n) is 7.97. The second-order valence-corrected chi connectivity index (χ2v) is 10.2. The minimum atomic E-state index is -0.186. The van der Waals surface area contributed by atoms with E-state index in [1.165, 1.54) is 19.3 Å². The molecule has 0 saturated carbocycles. The molecule has 3 fully saturated rings. The van der Waals surface area contributed by atoms with Gasteiger partial charge < -0.3 is 14.5 Å². The third kappa shape index (κ3) is 4.57. The first-order valence-corrected chi connectivity index (χ1v) is 11.7. The van der Waals surface area contributed by atoms with E-state index in [0.29, 0.717) is 17.9 Å². The quantitative estimate of drug-likeness (QED) is 0.719. The van der Waals surface area contributed by atoms with E-state index in [0.717, 1.165) is 51.2 Å². The molecule has 3 heterocycles. The standard InChI is InChI=1S/C25H37FN2O2/c1-18(2)23-16-25(17-30-24(23)20-4-6-21(26)7-5-20)10-14-28(15-11-25)22-8-12-27(13-9-22)19(3)29/h4-7,18,22-24H,8-17H2,1-3H3/t23-,24-/m1/s1.